The summed E-state index contributed by atoms with van der Waals surface area (Å²) in [5, 5.41) is 6.66. The van der Waals surface area contributed by atoms with Gasteiger partial charge in [0.1, 0.15) is 6.61 Å². The summed E-state index contributed by atoms with van der Waals surface area (Å²) in [6.45, 7) is 3.67. The molecule has 2 aromatic heterocycles. The van der Waals surface area contributed by atoms with Crippen LogP contribution in [0.5, 0.6) is 11.5 Å². The molecule has 10 nitrogen and oxygen atoms in total. The second-order valence-electron chi connectivity index (χ2n) is 6.11. The zero-order valence-electron chi connectivity index (χ0n) is 16.3. The van der Waals surface area contributed by atoms with Crippen LogP contribution in [0.15, 0.2) is 30.3 Å². The molecule has 1 N–H and O–H groups in total. The number of fused-ring (bicyclic) bond motifs is 1. The first-order valence-corrected chi connectivity index (χ1v) is 8.88. The molecule has 152 valence electrons. The standard InChI is InChI=1S/C19H21N5O5/c1-12-10-13(2)24-19(21-12)22-17(23-24)18(26)29-11-16(25)20-8-9-28-15-7-5-4-6-14(15)27-3/h4-7,10H,8-9,11H2,1-3H3,(H,20,25). The summed E-state index contributed by atoms with van der Waals surface area (Å²) in [7, 11) is 1.55. The molecule has 2 heterocycles. The zero-order valence-corrected chi connectivity index (χ0v) is 16.3. The van der Waals surface area contributed by atoms with Crippen molar-refractivity contribution in [3.05, 3.63) is 47.5 Å². The lowest BCUT2D eigenvalue weighted by Gasteiger charge is -2.10. The van der Waals surface area contributed by atoms with E-state index in [2.05, 4.69) is 20.4 Å². The molecule has 3 aromatic rings. The first kappa shape index (κ1) is 20.1. The third kappa shape index (κ3) is 4.98. The molecule has 1 aromatic carbocycles. The topological polar surface area (TPSA) is 117 Å². The molecule has 3 rings (SSSR count). The maximum Gasteiger partial charge on any atom is 0.378 e. The molecule has 0 saturated heterocycles. The van der Waals surface area contributed by atoms with E-state index in [1.165, 1.54) is 4.52 Å². The van der Waals surface area contributed by atoms with Crippen molar-refractivity contribution < 1.29 is 23.8 Å². The van der Waals surface area contributed by atoms with Gasteiger partial charge in [0.05, 0.1) is 13.7 Å². The molecule has 0 radical (unpaired) electrons. The molecule has 0 bridgehead atoms. The van der Waals surface area contributed by atoms with E-state index < -0.39 is 18.5 Å². The van der Waals surface area contributed by atoms with Crippen LogP contribution in [0.1, 0.15) is 22.0 Å². The largest absolute Gasteiger partial charge is 0.493 e. The molecule has 0 unspecified atom stereocenters. The first-order chi connectivity index (χ1) is 14.0. The van der Waals surface area contributed by atoms with Crippen molar-refractivity contribution in [1.82, 2.24) is 24.9 Å². The highest BCUT2D eigenvalue weighted by atomic mass is 16.5. The summed E-state index contributed by atoms with van der Waals surface area (Å²) in [5.74, 6) is 0.0649. The maximum atomic E-state index is 12.1. The van der Waals surface area contributed by atoms with Crippen LogP contribution in [0, 0.1) is 13.8 Å². The predicted octanol–water partition coefficient (Wildman–Crippen LogP) is 1.10. The highest BCUT2D eigenvalue weighted by Gasteiger charge is 2.17. The number of nitrogens with zero attached hydrogens (tertiary/aromatic N) is 4. The Labute approximate surface area is 166 Å². The second-order valence-corrected chi connectivity index (χ2v) is 6.11. The van der Waals surface area contributed by atoms with Gasteiger partial charge in [-0.15, -0.1) is 5.10 Å². The number of aryl methyl sites for hydroxylation is 2. The van der Waals surface area contributed by atoms with E-state index in [9.17, 15) is 9.59 Å². The molecule has 0 aliphatic carbocycles. The fourth-order valence-electron chi connectivity index (χ4n) is 2.59. The third-order valence-electron chi connectivity index (χ3n) is 3.89. The smallest absolute Gasteiger partial charge is 0.378 e. The Bertz CT molecular complexity index is 1030. The maximum absolute atomic E-state index is 12.1. The first-order valence-electron chi connectivity index (χ1n) is 8.88. The lowest BCUT2D eigenvalue weighted by atomic mass is 10.3. The van der Waals surface area contributed by atoms with Gasteiger partial charge in [-0.1, -0.05) is 12.1 Å². The number of para-hydroxylation sites is 2. The molecule has 0 spiro atoms. The molecular formula is C19H21N5O5. The number of hydrogen-bond donors (Lipinski definition) is 1. The Kier molecular flexibility index (Phi) is 6.22. The summed E-state index contributed by atoms with van der Waals surface area (Å²) in [6, 6.07) is 9.01. The minimum atomic E-state index is -0.798. The molecule has 0 fully saturated rings. The van der Waals surface area contributed by atoms with Crippen molar-refractivity contribution in [3.63, 3.8) is 0 Å². The second kappa shape index (κ2) is 9.00. The van der Waals surface area contributed by atoms with Gasteiger partial charge in [-0.05, 0) is 32.0 Å². The van der Waals surface area contributed by atoms with Crippen LogP contribution in [0.4, 0.5) is 0 Å². The van der Waals surface area contributed by atoms with E-state index in [1.54, 1.807) is 19.2 Å². The number of carbonyl (C=O) groups excluding carboxylic acids is 2. The van der Waals surface area contributed by atoms with Crippen molar-refractivity contribution in [3.8, 4) is 11.5 Å². The molecule has 0 saturated carbocycles. The van der Waals surface area contributed by atoms with Gasteiger partial charge in [-0.2, -0.15) is 4.98 Å². The fraction of sp³-hybridized carbons (Fsp3) is 0.316. The Morgan fingerprint density at radius 2 is 1.90 bits per heavy atom. The van der Waals surface area contributed by atoms with Crippen LogP contribution in [-0.4, -0.2) is 58.3 Å². The van der Waals surface area contributed by atoms with Gasteiger partial charge < -0.3 is 19.5 Å². The van der Waals surface area contributed by atoms with E-state index in [4.69, 9.17) is 14.2 Å². The third-order valence-corrected chi connectivity index (χ3v) is 3.89. The normalized spacial score (nSPS) is 10.6. The van der Waals surface area contributed by atoms with Gasteiger partial charge in [0.2, 0.25) is 0 Å². The number of benzene rings is 1. The minimum absolute atomic E-state index is 0.154. The van der Waals surface area contributed by atoms with Crippen molar-refractivity contribution in [2.75, 3.05) is 26.9 Å². The van der Waals surface area contributed by atoms with Gasteiger partial charge in [-0.3, -0.25) is 4.79 Å². The number of aromatic nitrogens is 4. The Morgan fingerprint density at radius 1 is 1.14 bits per heavy atom. The number of nitrogens with one attached hydrogen (secondary N) is 1. The van der Waals surface area contributed by atoms with E-state index >= 15 is 0 Å². The van der Waals surface area contributed by atoms with Crippen molar-refractivity contribution in [2.24, 2.45) is 0 Å². The quantitative estimate of drug-likeness (QED) is 0.442. The molecule has 10 heteroatoms. The van der Waals surface area contributed by atoms with Gasteiger partial charge in [0, 0.05) is 11.4 Å². The molecule has 0 aliphatic heterocycles. The van der Waals surface area contributed by atoms with E-state index in [1.807, 2.05) is 32.0 Å². The Morgan fingerprint density at radius 3 is 2.66 bits per heavy atom. The summed E-state index contributed by atoms with van der Waals surface area (Å²) in [5.41, 5.74) is 1.55. The summed E-state index contributed by atoms with van der Waals surface area (Å²) in [4.78, 5) is 32.2. The van der Waals surface area contributed by atoms with Crippen LogP contribution in [-0.2, 0) is 9.53 Å². The molecular weight excluding hydrogens is 378 g/mol. The van der Waals surface area contributed by atoms with Crippen LogP contribution in [0.2, 0.25) is 0 Å². The van der Waals surface area contributed by atoms with Crippen molar-refractivity contribution in [2.45, 2.75) is 13.8 Å². The summed E-state index contributed by atoms with van der Waals surface area (Å²) in [6.07, 6.45) is 0. The van der Waals surface area contributed by atoms with Crippen LogP contribution in [0.3, 0.4) is 0 Å². The zero-order chi connectivity index (χ0) is 20.8. The lowest BCUT2D eigenvalue weighted by molar-refractivity contribution is -0.124. The predicted molar refractivity (Wildman–Crippen MR) is 102 cm³/mol. The minimum Gasteiger partial charge on any atom is -0.493 e. The molecule has 29 heavy (non-hydrogen) atoms. The highest BCUT2D eigenvalue weighted by molar-refractivity contribution is 5.88. The van der Waals surface area contributed by atoms with Crippen molar-refractivity contribution >= 4 is 17.7 Å². The number of methoxy groups -OCH3 is 1. The highest BCUT2D eigenvalue weighted by Crippen LogP contribution is 2.25. The number of carbonyl (C=O) groups is 2. The molecule has 0 aliphatic rings. The summed E-state index contributed by atoms with van der Waals surface area (Å²) >= 11 is 0. The average Bonchev–Trinajstić information content (AvgIpc) is 3.14. The monoisotopic (exact) mass is 399 g/mol. The number of esters is 1. The number of amides is 1. The molecule has 1 amide bonds. The lowest BCUT2D eigenvalue weighted by Crippen LogP contribution is -2.32. The number of ether oxygens (including phenoxy) is 3. The van der Waals surface area contributed by atoms with Gasteiger partial charge in [-0.25, -0.2) is 14.3 Å². The van der Waals surface area contributed by atoms with Crippen LogP contribution in [0.25, 0.3) is 5.78 Å². The fourth-order valence-corrected chi connectivity index (χ4v) is 2.59. The molecule has 0 atom stereocenters. The number of rotatable bonds is 8. The van der Waals surface area contributed by atoms with Crippen LogP contribution >= 0.6 is 0 Å². The number of hydrogen-bond acceptors (Lipinski definition) is 8. The van der Waals surface area contributed by atoms with E-state index in [0.29, 0.717) is 17.3 Å². The van der Waals surface area contributed by atoms with E-state index in [0.717, 1.165) is 11.4 Å². The Hall–Kier alpha value is -3.69. The van der Waals surface area contributed by atoms with Gasteiger partial charge in [0.15, 0.2) is 18.1 Å². The van der Waals surface area contributed by atoms with Gasteiger partial charge >= 0.3 is 5.97 Å². The Balaban J connectivity index is 1.44. The van der Waals surface area contributed by atoms with Crippen molar-refractivity contribution in [1.29, 1.82) is 0 Å². The van der Waals surface area contributed by atoms with Gasteiger partial charge in [0.25, 0.3) is 17.5 Å². The van der Waals surface area contributed by atoms with Crippen LogP contribution < -0.4 is 14.8 Å². The SMILES string of the molecule is COc1ccccc1OCCNC(=O)COC(=O)c1nc2nc(C)cc(C)n2n1. The van der Waals surface area contributed by atoms with E-state index in [-0.39, 0.29) is 19.0 Å². The average molecular weight is 399 g/mol. The summed E-state index contributed by atoms with van der Waals surface area (Å²) < 4.78 is 17.1.